The predicted octanol–water partition coefficient (Wildman–Crippen LogP) is 0.194. The lowest BCUT2D eigenvalue weighted by Gasteiger charge is -2.13. The molecule has 0 aromatic carbocycles. The largest absolute Gasteiger partial charge is 0.452 e. The Morgan fingerprint density at radius 2 is 2.04 bits per heavy atom. The third kappa shape index (κ3) is 6.64. The van der Waals surface area contributed by atoms with Crippen molar-refractivity contribution in [2.24, 2.45) is 0 Å². The van der Waals surface area contributed by atoms with Crippen LogP contribution in [0.4, 0.5) is 4.79 Å². The molecule has 1 unspecified atom stereocenters. The van der Waals surface area contributed by atoms with Crippen molar-refractivity contribution in [1.82, 2.24) is 15.4 Å². The van der Waals surface area contributed by atoms with E-state index in [-0.39, 0.29) is 17.2 Å². The Morgan fingerprint density at radius 1 is 1.33 bits per heavy atom. The van der Waals surface area contributed by atoms with Gasteiger partial charge in [-0.25, -0.2) is 17.9 Å². The summed E-state index contributed by atoms with van der Waals surface area (Å²) in [5.41, 5.74) is 0. The van der Waals surface area contributed by atoms with Crippen LogP contribution in [-0.2, 0) is 24.3 Å². The molecule has 3 N–H and O–H groups in total. The summed E-state index contributed by atoms with van der Waals surface area (Å²) in [5.74, 6) is -1.53. The summed E-state index contributed by atoms with van der Waals surface area (Å²) in [6.45, 7) is 3.18. The molecule has 11 heteroatoms. The van der Waals surface area contributed by atoms with Gasteiger partial charge in [0.05, 0.1) is 6.42 Å². The molecule has 1 atom stereocenters. The first kappa shape index (κ1) is 20.1. The third-order valence-electron chi connectivity index (χ3n) is 2.63. The fourth-order valence-electron chi connectivity index (χ4n) is 1.50. The number of amides is 3. The van der Waals surface area contributed by atoms with Crippen LogP contribution in [0.15, 0.2) is 21.7 Å². The molecular weight excluding hydrogens is 358 g/mol. The first-order valence-corrected chi connectivity index (χ1v) is 9.44. The number of esters is 1. The van der Waals surface area contributed by atoms with Crippen LogP contribution in [0.25, 0.3) is 0 Å². The molecular formula is C13H19N3O6S2. The molecule has 0 saturated carbocycles. The van der Waals surface area contributed by atoms with Crippen LogP contribution < -0.4 is 15.4 Å². The molecule has 0 bridgehead atoms. The topological polar surface area (TPSA) is 131 Å². The summed E-state index contributed by atoms with van der Waals surface area (Å²) < 4.78 is 30.9. The van der Waals surface area contributed by atoms with Crippen LogP contribution in [-0.4, -0.2) is 45.5 Å². The highest BCUT2D eigenvalue weighted by Crippen LogP contribution is 2.15. The van der Waals surface area contributed by atoms with E-state index >= 15 is 0 Å². The maximum absolute atomic E-state index is 11.8. The molecule has 0 radical (unpaired) electrons. The van der Waals surface area contributed by atoms with Gasteiger partial charge in [-0.05, 0) is 25.3 Å². The fraction of sp³-hybridized carbons (Fsp3) is 0.462. The Bertz CT molecular complexity index is 672. The molecule has 1 heterocycles. The standard InChI is InChI=1S/C13H19N3O6S2/c1-3-14-13(19)16-12(18)9(2)22-10(17)6-7-15-24(20,21)11-5-4-8-23-11/h4-5,8-9,15H,3,6-7H2,1-2H3,(H2,14,16,18,19). The molecule has 0 aliphatic heterocycles. The zero-order valence-corrected chi connectivity index (χ0v) is 14.8. The second-order valence-corrected chi connectivity index (χ2v) is 7.50. The highest BCUT2D eigenvalue weighted by Gasteiger charge is 2.20. The summed E-state index contributed by atoms with van der Waals surface area (Å²) >= 11 is 1.06. The van der Waals surface area contributed by atoms with E-state index in [0.717, 1.165) is 11.3 Å². The van der Waals surface area contributed by atoms with E-state index in [4.69, 9.17) is 4.74 Å². The fourth-order valence-corrected chi connectivity index (χ4v) is 3.57. The quantitative estimate of drug-likeness (QED) is 0.555. The third-order valence-corrected chi connectivity index (χ3v) is 5.49. The number of imide groups is 1. The summed E-state index contributed by atoms with van der Waals surface area (Å²) in [5, 5.41) is 5.99. The molecule has 0 spiro atoms. The van der Waals surface area contributed by atoms with Gasteiger partial charge in [-0.1, -0.05) is 6.07 Å². The van der Waals surface area contributed by atoms with E-state index in [2.05, 4.69) is 10.0 Å². The summed E-state index contributed by atoms with van der Waals surface area (Å²) in [6.07, 6.45) is -1.42. The minimum atomic E-state index is -3.65. The van der Waals surface area contributed by atoms with Crippen molar-refractivity contribution in [2.75, 3.05) is 13.1 Å². The molecule has 0 aliphatic rings. The van der Waals surface area contributed by atoms with E-state index in [1.807, 2.05) is 5.32 Å². The lowest BCUT2D eigenvalue weighted by atomic mass is 10.3. The monoisotopic (exact) mass is 377 g/mol. The number of thiophene rings is 1. The zero-order chi connectivity index (χ0) is 18.2. The maximum atomic E-state index is 11.8. The molecule has 1 aromatic heterocycles. The van der Waals surface area contributed by atoms with Crippen LogP contribution in [0.3, 0.4) is 0 Å². The van der Waals surface area contributed by atoms with Gasteiger partial charge in [-0.2, -0.15) is 0 Å². The van der Waals surface area contributed by atoms with Crippen LogP contribution >= 0.6 is 11.3 Å². The lowest BCUT2D eigenvalue weighted by Crippen LogP contribution is -2.44. The van der Waals surface area contributed by atoms with Gasteiger partial charge < -0.3 is 10.1 Å². The second-order valence-electron chi connectivity index (χ2n) is 4.56. The van der Waals surface area contributed by atoms with Crippen molar-refractivity contribution in [3.8, 4) is 0 Å². The van der Waals surface area contributed by atoms with Crippen LogP contribution in [0, 0.1) is 0 Å². The minimum Gasteiger partial charge on any atom is -0.452 e. The van der Waals surface area contributed by atoms with Gasteiger partial charge in [0, 0.05) is 13.1 Å². The Balaban J connectivity index is 2.35. The van der Waals surface area contributed by atoms with E-state index in [1.54, 1.807) is 18.4 Å². The molecule has 24 heavy (non-hydrogen) atoms. The number of hydrogen-bond acceptors (Lipinski definition) is 7. The number of sulfonamides is 1. The highest BCUT2D eigenvalue weighted by molar-refractivity contribution is 7.91. The van der Waals surface area contributed by atoms with Crippen LogP contribution in [0.5, 0.6) is 0 Å². The van der Waals surface area contributed by atoms with Crippen molar-refractivity contribution in [1.29, 1.82) is 0 Å². The molecule has 9 nitrogen and oxygen atoms in total. The van der Waals surface area contributed by atoms with Crippen molar-refractivity contribution in [3.63, 3.8) is 0 Å². The molecule has 134 valence electrons. The van der Waals surface area contributed by atoms with E-state index in [1.165, 1.54) is 13.0 Å². The Morgan fingerprint density at radius 3 is 2.62 bits per heavy atom. The zero-order valence-electron chi connectivity index (χ0n) is 13.2. The van der Waals surface area contributed by atoms with E-state index in [0.29, 0.717) is 6.54 Å². The molecule has 3 amide bonds. The van der Waals surface area contributed by atoms with Gasteiger partial charge in [0.25, 0.3) is 5.91 Å². The molecule has 1 rings (SSSR count). The Hall–Kier alpha value is -1.98. The Labute approximate surface area is 143 Å². The molecule has 0 fully saturated rings. The average Bonchev–Trinajstić information content (AvgIpc) is 3.02. The molecule has 0 aliphatic carbocycles. The van der Waals surface area contributed by atoms with Crippen molar-refractivity contribution >= 4 is 39.3 Å². The van der Waals surface area contributed by atoms with Gasteiger partial charge >= 0.3 is 12.0 Å². The van der Waals surface area contributed by atoms with Gasteiger partial charge in [0.2, 0.25) is 10.0 Å². The van der Waals surface area contributed by atoms with Crippen molar-refractivity contribution < 1.29 is 27.5 Å². The lowest BCUT2D eigenvalue weighted by molar-refractivity contribution is -0.154. The maximum Gasteiger partial charge on any atom is 0.321 e. The van der Waals surface area contributed by atoms with Crippen molar-refractivity contribution in [2.45, 2.75) is 30.6 Å². The van der Waals surface area contributed by atoms with Gasteiger partial charge in [-0.15, -0.1) is 11.3 Å². The SMILES string of the molecule is CCNC(=O)NC(=O)C(C)OC(=O)CCNS(=O)(=O)c1cccs1. The number of ether oxygens (including phenoxy) is 1. The van der Waals surface area contributed by atoms with Crippen LogP contribution in [0.1, 0.15) is 20.3 Å². The van der Waals surface area contributed by atoms with Gasteiger partial charge in [0.15, 0.2) is 6.10 Å². The number of hydrogen-bond donors (Lipinski definition) is 3. The number of carbonyl (C=O) groups excluding carboxylic acids is 3. The van der Waals surface area contributed by atoms with Gasteiger partial charge in [-0.3, -0.25) is 14.9 Å². The summed E-state index contributed by atoms with van der Waals surface area (Å²) in [6, 6.07) is 2.36. The number of carbonyl (C=O) groups is 3. The number of nitrogens with one attached hydrogen (secondary N) is 3. The highest BCUT2D eigenvalue weighted by atomic mass is 32.2. The number of rotatable bonds is 8. The first-order valence-electron chi connectivity index (χ1n) is 7.07. The van der Waals surface area contributed by atoms with E-state index < -0.39 is 34.0 Å². The first-order chi connectivity index (χ1) is 11.3. The molecule has 0 saturated heterocycles. The normalized spacial score (nSPS) is 12.2. The smallest absolute Gasteiger partial charge is 0.321 e. The van der Waals surface area contributed by atoms with E-state index in [9.17, 15) is 22.8 Å². The average molecular weight is 377 g/mol. The summed E-state index contributed by atoms with van der Waals surface area (Å²) in [7, 11) is -3.65. The Kier molecular flexibility index (Phi) is 7.82. The van der Waals surface area contributed by atoms with Crippen LogP contribution in [0.2, 0.25) is 0 Å². The van der Waals surface area contributed by atoms with Gasteiger partial charge in [0.1, 0.15) is 4.21 Å². The summed E-state index contributed by atoms with van der Waals surface area (Å²) in [4.78, 5) is 34.4. The second kappa shape index (κ2) is 9.35. The molecule has 1 aromatic rings. The predicted molar refractivity (Wildman–Crippen MR) is 86.9 cm³/mol. The minimum absolute atomic E-state index is 0.144. The van der Waals surface area contributed by atoms with Crippen molar-refractivity contribution in [3.05, 3.63) is 17.5 Å². The number of urea groups is 1.